The largest absolute Gasteiger partial charge is 0.351 e. The van der Waals surface area contributed by atoms with E-state index in [1.165, 1.54) is 22.7 Å². The lowest BCUT2D eigenvalue weighted by Crippen LogP contribution is -2.45. The molecular formula is C25H31N3O3S. The molecule has 7 heteroatoms. The fourth-order valence-electron chi connectivity index (χ4n) is 4.45. The van der Waals surface area contributed by atoms with Gasteiger partial charge in [0, 0.05) is 31.8 Å². The van der Waals surface area contributed by atoms with Crippen molar-refractivity contribution in [2.24, 2.45) is 0 Å². The Morgan fingerprint density at radius 1 is 1.00 bits per heavy atom. The van der Waals surface area contributed by atoms with Gasteiger partial charge in [0.15, 0.2) is 0 Å². The number of nitrogens with one attached hydrogen (secondary N) is 1. The van der Waals surface area contributed by atoms with Gasteiger partial charge in [-0.25, -0.2) is 8.42 Å². The van der Waals surface area contributed by atoms with Crippen LogP contribution < -0.4 is 9.62 Å². The van der Waals surface area contributed by atoms with Crippen LogP contribution in [0.1, 0.15) is 36.8 Å². The van der Waals surface area contributed by atoms with Crippen molar-refractivity contribution in [3.63, 3.8) is 0 Å². The number of nitrogens with zero attached hydrogens (tertiary/aromatic N) is 2. The van der Waals surface area contributed by atoms with Crippen LogP contribution in [-0.4, -0.2) is 50.7 Å². The van der Waals surface area contributed by atoms with Crippen molar-refractivity contribution >= 4 is 27.7 Å². The lowest BCUT2D eigenvalue weighted by atomic mass is 10.0. The summed E-state index contributed by atoms with van der Waals surface area (Å²) in [7, 11) is -3.17. The summed E-state index contributed by atoms with van der Waals surface area (Å²) in [6.07, 6.45) is 7.46. The number of carbonyl (C=O) groups excluding carboxylic acids is 1. The van der Waals surface area contributed by atoms with Crippen molar-refractivity contribution in [2.75, 3.05) is 29.7 Å². The predicted octanol–water partition coefficient (Wildman–Crippen LogP) is 3.41. The summed E-state index contributed by atoms with van der Waals surface area (Å²) in [6.45, 7) is 3.14. The molecule has 2 heterocycles. The smallest absolute Gasteiger partial charge is 0.244 e. The first kappa shape index (κ1) is 22.6. The highest BCUT2D eigenvalue weighted by Crippen LogP contribution is 2.24. The summed E-state index contributed by atoms with van der Waals surface area (Å²) in [6, 6.07) is 18.1. The topological polar surface area (TPSA) is 69.7 Å². The molecule has 2 fully saturated rings. The van der Waals surface area contributed by atoms with Gasteiger partial charge in [0.2, 0.25) is 15.9 Å². The average molecular weight is 454 g/mol. The van der Waals surface area contributed by atoms with Crippen LogP contribution in [0, 0.1) is 0 Å². The first-order valence-corrected chi connectivity index (χ1v) is 13.0. The zero-order valence-electron chi connectivity index (χ0n) is 18.3. The third-order valence-electron chi connectivity index (χ3n) is 6.20. The Hall–Kier alpha value is -2.64. The monoisotopic (exact) mass is 453 g/mol. The van der Waals surface area contributed by atoms with Gasteiger partial charge in [-0.2, -0.15) is 0 Å². The van der Waals surface area contributed by atoms with E-state index in [2.05, 4.69) is 34.5 Å². The summed E-state index contributed by atoms with van der Waals surface area (Å²) in [5.41, 5.74) is 2.85. The molecule has 2 saturated heterocycles. The first-order valence-electron chi connectivity index (χ1n) is 11.4. The van der Waals surface area contributed by atoms with E-state index in [9.17, 15) is 13.2 Å². The van der Waals surface area contributed by atoms with E-state index in [1.54, 1.807) is 24.3 Å². The average Bonchev–Trinajstić information content (AvgIpc) is 3.17. The van der Waals surface area contributed by atoms with Gasteiger partial charge in [-0.1, -0.05) is 48.9 Å². The van der Waals surface area contributed by atoms with Crippen molar-refractivity contribution in [1.29, 1.82) is 0 Å². The lowest BCUT2D eigenvalue weighted by molar-refractivity contribution is -0.116. The number of piperidine rings is 1. The molecule has 0 saturated carbocycles. The summed E-state index contributed by atoms with van der Waals surface area (Å²) < 4.78 is 25.5. The predicted molar refractivity (Wildman–Crippen MR) is 129 cm³/mol. The number of sulfonamides is 1. The van der Waals surface area contributed by atoms with Gasteiger partial charge >= 0.3 is 0 Å². The minimum atomic E-state index is -3.17. The third kappa shape index (κ3) is 5.78. The number of rotatable bonds is 7. The zero-order chi connectivity index (χ0) is 22.4. The van der Waals surface area contributed by atoms with E-state index in [-0.39, 0.29) is 11.7 Å². The second-order valence-corrected chi connectivity index (χ2v) is 10.5. The standard InChI is InChI=1S/C25H31N3O3S/c29-25(15-12-21-10-13-23(14-11-21)28-17-6-18-32(28,30)31)26-19-24-9-4-5-16-27(24)20-22-7-2-1-3-8-22/h1-3,7-8,10-15,24H,4-6,9,16-20H2,(H,26,29)/b15-12+. The fraction of sp³-hybridized carbons (Fsp3) is 0.400. The normalized spacial score (nSPS) is 21.1. The highest BCUT2D eigenvalue weighted by atomic mass is 32.2. The number of hydrogen-bond acceptors (Lipinski definition) is 4. The number of benzene rings is 2. The lowest BCUT2D eigenvalue weighted by Gasteiger charge is -2.35. The van der Waals surface area contributed by atoms with Gasteiger partial charge < -0.3 is 5.32 Å². The van der Waals surface area contributed by atoms with Crippen LogP contribution in [0.3, 0.4) is 0 Å². The van der Waals surface area contributed by atoms with Crippen LogP contribution in [-0.2, 0) is 21.4 Å². The molecule has 0 radical (unpaired) electrons. The SMILES string of the molecule is O=C(/C=C/c1ccc(N2CCCS2(=O)=O)cc1)NCC1CCCCN1Cc1ccccc1. The Morgan fingerprint density at radius 2 is 1.78 bits per heavy atom. The molecule has 1 atom stereocenters. The van der Waals surface area contributed by atoms with Gasteiger partial charge in [0.1, 0.15) is 0 Å². The third-order valence-corrected chi connectivity index (χ3v) is 8.07. The fourth-order valence-corrected chi connectivity index (χ4v) is 6.01. The van der Waals surface area contributed by atoms with Crippen LogP contribution in [0.2, 0.25) is 0 Å². The minimum absolute atomic E-state index is 0.110. The Labute approximate surface area is 191 Å². The second kappa shape index (κ2) is 10.3. The van der Waals surface area contributed by atoms with E-state index in [0.717, 1.165) is 25.1 Å². The Bertz CT molecular complexity index is 1040. The molecule has 0 aliphatic carbocycles. The van der Waals surface area contributed by atoms with Crippen LogP contribution in [0.25, 0.3) is 6.08 Å². The summed E-state index contributed by atoms with van der Waals surface area (Å²) >= 11 is 0. The molecule has 1 N–H and O–H groups in total. The summed E-state index contributed by atoms with van der Waals surface area (Å²) in [5.74, 6) is 0.0972. The Balaban J connectivity index is 1.29. The van der Waals surface area contributed by atoms with Gasteiger partial charge in [0.25, 0.3) is 0 Å². The molecule has 0 aromatic heterocycles. The van der Waals surface area contributed by atoms with Crippen molar-refractivity contribution in [3.05, 3.63) is 71.8 Å². The molecule has 170 valence electrons. The molecule has 0 spiro atoms. The van der Waals surface area contributed by atoms with Crippen LogP contribution in [0.5, 0.6) is 0 Å². The molecule has 2 aromatic rings. The molecule has 2 aromatic carbocycles. The Morgan fingerprint density at radius 3 is 2.50 bits per heavy atom. The second-order valence-electron chi connectivity index (χ2n) is 8.52. The Kier molecular flexibility index (Phi) is 7.27. The molecule has 0 bridgehead atoms. The van der Waals surface area contributed by atoms with Gasteiger partial charge in [-0.15, -0.1) is 0 Å². The molecule has 6 nitrogen and oxygen atoms in total. The van der Waals surface area contributed by atoms with Gasteiger partial charge in [-0.05, 0) is 55.1 Å². The van der Waals surface area contributed by atoms with E-state index >= 15 is 0 Å². The molecule has 32 heavy (non-hydrogen) atoms. The van der Waals surface area contributed by atoms with E-state index in [4.69, 9.17) is 0 Å². The van der Waals surface area contributed by atoms with Crippen molar-refractivity contribution in [1.82, 2.24) is 10.2 Å². The molecule has 2 aliphatic heterocycles. The quantitative estimate of drug-likeness (QED) is 0.653. The maximum Gasteiger partial charge on any atom is 0.244 e. The van der Waals surface area contributed by atoms with E-state index in [0.29, 0.717) is 31.2 Å². The molecule has 1 amide bonds. The number of likely N-dealkylation sites (tertiary alicyclic amines) is 1. The number of anilines is 1. The van der Waals surface area contributed by atoms with Gasteiger partial charge in [-0.3, -0.25) is 14.0 Å². The van der Waals surface area contributed by atoms with E-state index < -0.39 is 10.0 Å². The minimum Gasteiger partial charge on any atom is -0.351 e. The van der Waals surface area contributed by atoms with E-state index in [1.807, 2.05) is 18.2 Å². The number of hydrogen-bond donors (Lipinski definition) is 1. The van der Waals surface area contributed by atoms with Crippen LogP contribution in [0.15, 0.2) is 60.7 Å². The number of amides is 1. The first-order chi connectivity index (χ1) is 15.5. The molecule has 2 aliphatic rings. The maximum atomic E-state index is 12.4. The van der Waals surface area contributed by atoms with Crippen LogP contribution in [0.4, 0.5) is 5.69 Å². The molecule has 1 unspecified atom stereocenters. The summed E-state index contributed by atoms with van der Waals surface area (Å²) in [5, 5.41) is 3.05. The van der Waals surface area contributed by atoms with Crippen molar-refractivity contribution < 1.29 is 13.2 Å². The van der Waals surface area contributed by atoms with Gasteiger partial charge in [0.05, 0.1) is 11.4 Å². The van der Waals surface area contributed by atoms with Crippen LogP contribution >= 0.6 is 0 Å². The highest BCUT2D eigenvalue weighted by molar-refractivity contribution is 7.93. The van der Waals surface area contributed by atoms with Crippen molar-refractivity contribution in [2.45, 2.75) is 38.3 Å². The van der Waals surface area contributed by atoms with Crippen molar-refractivity contribution in [3.8, 4) is 0 Å². The zero-order valence-corrected chi connectivity index (χ0v) is 19.1. The molecule has 4 rings (SSSR count). The molecular weight excluding hydrogens is 422 g/mol. The highest BCUT2D eigenvalue weighted by Gasteiger charge is 2.28. The summed E-state index contributed by atoms with van der Waals surface area (Å²) in [4.78, 5) is 14.8. The maximum absolute atomic E-state index is 12.4. The number of carbonyl (C=O) groups is 1.